The van der Waals surface area contributed by atoms with Gasteiger partial charge in [-0.15, -0.1) is 0 Å². The van der Waals surface area contributed by atoms with Gasteiger partial charge in [0.15, 0.2) is 0 Å². The second kappa shape index (κ2) is 18.6. The van der Waals surface area contributed by atoms with Crippen LogP contribution in [-0.2, 0) is 28.5 Å². The number of nitrogens with zero attached hydrogens (tertiary/aromatic N) is 1. The number of carboxylic acid groups (broad SMARTS) is 1. The number of carboxylic acids is 1. The van der Waals surface area contributed by atoms with Crippen molar-refractivity contribution < 1.29 is 38.1 Å². The lowest BCUT2D eigenvalue weighted by atomic mass is 10.2. The highest BCUT2D eigenvalue weighted by Gasteiger charge is 2.23. The number of unbranched alkanes of at least 4 members (excludes halogenated alkanes) is 1. The largest absolute Gasteiger partial charge is 0.550 e. The van der Waals surface area contributed by atoms with Gasteiger partial charge >= 0.3 is 0 Å². The summed E-state index contributed by atoms with van der Waals surface area (Å²) >= 11 is 0. The summed E-state index contributed by atoms with van der Waals surface area (Å²) in [6, 6.07) is 0. The fourth-order valence-electron chi connectivity index (χ4n) is 2.39. The molecule has 1 heterocycles. The van der Waals surface area contributed by atoms with Crippen molar-refractivity contribution in [3.8, 4) is 0 Å². The van der Waals surface area contributed by atoms with Crippen LogP contribution in [0.5, 0.6) is 0 Å². The molecule has 162 valence electrons. The standard InChI is InChI=1S/C10H20O6.C9H20NO/c1-13-4-5-15-8-9-16-7-6-14-3-2-10(11)12;1-3-4-5-10(2)6-8-11-9-7-10/h2-9H2,1H3,(H,11,12);3-9H2,1-2H3/q;+1/p-1. The minimum Gasteiger partial charge on any atom is -0.550 e. The SMILES string of the molecule is CCCC[N+]1(C)CCOCC1.COCCOCCOCCOCCC(=O)[O-]. The Balaban J connectivity index is 0.000000533. The van der Waals surface area contributed by atoms with Crippen LogP contribution < -0.4 is 5.11 Å². The molecule has 0 aromatic carbocycles. The Morgan fingerprint density at radius 2 is 1.48 bits per heavy atom. The molecule has 0 bridgehead atoms. The summed E-state index contributed by atoms with van der Waals surface area (Å²) in [6.07, 6.45) is 2.59. The van der Waals surface area contributed by atoms with Gasteiger partial charge in [0.2, 0.25) is 0 Å². The van der Waals surface area contributed by atoms with E-state index in [1.165, 1.54) is 37.0 Å². The summed E-state index contributed by atoms with van der Waals surface area (Å²) in [5.74, 6) is -1.10. The van der Waals surface area contributed by atoms with Gasteiger partial charge in [-0.25, -0.2) is 0 Å². The van der Waals surface area contributed by atoms with Crippen LogP contribution in [-0.4, -0.2) is 104 Å². The molecule has 1 aliphatic heterocycles. The zero-order chi connectivity index (χ0) is 20.2. The van der Waals surface area contributed by atoms with Gasteiger partial charge in [-0.2, -0.15) is 0 Å². The van der Waals surface area contributed by atoms with Crippen molar-refractivity contribution in [2.45, 2.75) is 26.2 Å². The highest BCUT2D eigenvalue weighted by atomic mass is 16.6. The Hall–Kier alpha value is -0.770. The van der Waals surface area contributed by atoms with E-state index < -0.39 is 5.97 Å². The molecule has 0 radical (unpaired) electrons. The third-order valence-corrected chi connectivity index (χ3v) is 4.23. The zero-order valence-electron chi connectivity index (χ0n) is 17.4. The number of ether oxygens (including phenoxy) is 5. The van der Waals surface area contributed by atoms with Crippen LogP contribution in [0, 0.1) is 0 Å². The van der Waals surface area contributed by atoms with Gasteiger partial charge in [-0.1, -0.05) is 13.3 Å². The Morgan fingerprint density at radius 3 is 1.96 bits per heavy atom. The van der Waals surface area contributed by atoms with Gasteiger partial charge < -0.3 is 38.1 Å². The fourth-order valence-corrected chi connectivity index (χ4v) is 2.39. The molecule has 8 heteroatoms. The van der Waals surface area contributed by atoms with Crippen LogP contribution in [0.15, 0.2) is 0 Å². The third kappa shape index (κ3) is 18.4. The lowest BCUT2D eigenvalue weighted by Gasteiger charge is -2.37. The summed E-state index contributed by atoms with van der Waals surface area (Å²) in [5, 5.41) is 10.0. The average molecular weight is 394 g/mol. The Labute approximate surface area is 164 Å². The second-order valence-electron chi connectivity index (χ2n) is 6.71. The number of aliphatic carboxylic acids is 1. The number of likely N-dealkylation sites (N-methyl/N-ethyl adjacent to an activating group) is 1. The molecular formula is C19H39NO7. The molecule has 1 aliphatic rings. The summed E-state index contributed by atoms with van der Waals surface area (Å²) in [7, 11) is 3.96. The fraction of sp³-hybridized carbons (Fsp3) is 0.947. The number of quaternary nitrogens is 1. The van der Waals surface area contributed by atoms with Gasteiger partial charge in [0.25, 0.3) is 0 Å². The highest BCUT2D eigenvalue weighted by molar-refractivity contribution is 5.64. The van der Waals surface area contributed by atoms with Crippen molar-refractivity contribution >= 4 is 5.97 Å². The number of methoxy groups -OCH3 is 1. The molecule has 1 rings (SSSR count). The lowest BCUT2D eigenvalue weighted by Crippen LogP contribution is -2.52. The normalized spacial score (nSPS) is 15.8. The zero-order valence-corrected chi connectivity index (χ0v) is 17.4. The third-order valence-electron chi connectivity index (χ3n) is 4.23. The quantitative estimate of drug-likeness (QED) is 0.288. The molecule has 27 heavy (non-hydrogen) atoms. The van der Waals surface area contributed by atoms with Crippen molar-refractivity contribution in [1.29, 1.82) is 0 Å². The van der Waals surface area contributed by atoms with E-state index in [1.54, 1.807) is 7.11 Å². The summed E-state index contributed by atoms with van der Waals surface area (Å²) in [5.41, 5.74) is 0. The number of morpholine rings is 1. The summed E-state index contributed by atoms with van der Waals surface area (Å²) < 4.78 is 26.7. The van der Waals surface area contributed by atoms with Gasteiger partial charge in [-0.3, -0.25) is 0 Å². The molecular weight excluding hydrogens is 354 g/mol. The van der Waals surface area contributed by atoms with Crippen LogP contribution in [0.25, 0.3) is 0 Å². The minimum absolute atomic E-state index is 0.0832. The summed E-state index contributed by atoms with van der Waals surface area (Å²) in [6.45, 7) is 11.0. The van der Waals surface area contributed by atoms with Crippen molar-refractivity contribution in [3.05, 3.63) is 0 Å². The first-order chi connectivity index (χ1) is 13.0. The van der Waals surface area contributed by atoms with E-state index in [4.69, 9.17) is 23.7 Å². The number of hydrogen-bond donors (Lipinski definition) is 0. The van der Waals surface area contributed by atoms with Gasteiger partial charge in [0, 0.05) is 19.5 Å². The predicted molar refractivity (Wildman–Crippen MR) is 100 cm³/mol. The van der Waals surface area contributed by atoms with Crippen molar-refractivity contribution in [2.24, 2.45) is 0 Å². The van der Waals surface area contributed by atoms with E-state index in [-0.39, 0.29) is 13.0 Å². The lowest BCUT2D eigenvalue weighted by molar-refractivity contribution is -0.917. The van der Waals surface area contributed by atoms with E-state index in [1.807, 2.05) is 0 Å². The maximum atomic E-state index is 10.0. The average Bonchev–Trinajstić information content (AvgIpc) is 2.65. The Kier molecular flexibility index (Phi) is 18.1. The topological polar surface area (TPSA) is 86.3 Å². The Bertz CT molecular complexity index is 336. The first-order valence-electron chi connectivity index (χ1n) is 9.87. The highest BCUT2D eigenvalue weighted by Crippen LogP contribution is 2.09. The number of hydrogen-bond acceptors (Lipinski definition) is 7. The molecule has 1 saturated heterocycles. The van der Waals surface area contributed by atoms with E-state index in [2.05, 4.69) is 14.0 Å². The van der Waals surface area contributed by atoms with E-state index >= 15 is 0 Å². The van der Waals surface area contributed by atoms with E-state index in [0.717, 1.165) is 13.2 Å². The molecule has 0 saturated carbocycles. The molecule has 0 unspecified atom stereocenters. The maximum Gasteiger partial charge on any atom is 0.102 e. The first kappa shape index (κ1) is 26.2. The number of carbonyl (C=O) groups excluding carboxylic acids is 1. The molecule has 0 atom stereocenters. The van der Waals surface area contributed by atoms with Gasteiger partial charge in [0.05, 0.1) is 73.1 Å². The van der Waals surface area contributed by atoms with Crippen molar-refractivity contribution in [2.75, 3.05) is 93.3 Å². The molecule has 0 spiro atoms. The molecule has 0 aliphatic carbocycles. The van der Waals surface area contributed by atoms with Crippen LogP contribution in [0.3, 0.4) is 0 Å². The van der Waals surface area contributed by atoms with E-state index in [0.29, 0.717) is 39.6 Å². The smallest absolute Gasteiger partial charge is 0.102 e. The second-order valence-corrected chi connectivity index (χ2v) is 6.71. The Morgan fingerprint density at radius 1 is 0.963 bits per heavy atom. The minimum atomic E-state index is -1.10. The van der Waals surface area contributed by atoms with Crippen LogP contribution >= 0.6 is 0 Å². The van der Waals surface area contributed by atoms with Gasteiger partial charge in [-0.05, 0) is 6.42 Å². The molecule has 0 amide bonds. The molecule has 1 fully saturated rings. The predicted octanol–water partition coefficient (Wildman–Crippen LogP) is 0.0859. The first-order valence-corrected chi connectivity index (χ1v) is 9.87. The van der Waals surface area contributed by atoms with Gasteiger partial charge in [0.1, 0.15) is 13.1 Å². The van der Waals surface area contributed by atoms with Crippen molar-refractivity contribution in [1.82, 2.24) is 0 Å². The number of carbonyl (C=O) groups is 1. The maximum absolute atomic E-state index is 10.0. The summed E-state index contributed by atoms with van der Waals surface area (Å²) in [4.78, 5) is 10.0. The molecule has 0 N–H and O–H groups in total. The molecule has 0 aromatic rings. The number of rotatable bonds is 15. The molecule has 0 aromatic heterocycles. The molecule has 8 nitrogen and oxygen atoms in total. The van der Waals surface area contributed by atoms with Crippen molar-refractivity contribution in [3.63, 3.8) is 0 Å². The van der Waals surface area contributed by atoms with Crippen LogP contribution in [0.1, 0.15) is 26.2 Å². The van der Waals surface area contributed by atoms with Crippen LogP contribution in [0.2, 0.25) is 0 Å². The van der Waals surface area contributed by atoms with E-state index in [9.17, 15) is 9.90 Å². The van der Waals surface area contributed by atoms with Crippen LogP contribution in [0.4, 0.5) is 0 Å². The monoisotopic (exact) mass is 393 g/mol.